The highest BCUT2D eigenvalue weighted by atomic mass is 35.5. The average molecular weight is 561 g/mol. The lowest BCUT2D eigenvalue weighted by molar-refractivity contribution is -0.118. The van der Waals surface area contributed by atoms with Crippen molar-refractivity contribution < 1.29 is 17.9 Å². The van der Waals surface area contributed by atoms with Gasteiger partial charge in [-0.1, -0.05) is 55.0 Å². The molecule has 1 aromatic heterocycles. The van der Waals surface area contributed by atoms with Crippen molar-refractivity contribution in [2.24, 2.45) is 0 Å². The maximum absolute atomic E-state index is 13.3. The van der Waals surface area contributed by atoms with Crippen LogP contribution >= 0.6 is 35.3 Å². The number of thiazole rings is 1. The van der Waals surface area contributed by atoms with Crippen molar-refractivity contribution in [3.8, 4) is 5.75 Å². The van der Waals surface area contributed by atoms with E-state index in [1.165, 1.54) is 11.3 Å². The SMILES string of the molecule is CCN(CC)CCN(C(=O)CCCS(=O)(=O)c1ccccc1)c1nc2c(OC)ccc(Cl)c2s1.Cl. The van der Waals surface area contributed by atoms with Gasteiger partial charge in [-0.25, -0.2) is 13.4 Å². The standard InChI is InChI=1S/C24H30ClN3O4S2.ClH/c1-4-27(5-2)15-16-28(24-26-22-20(32-3)14-13-19(25)23(22)33-24)21(29)12-9-17-34(30,31)18-10-7-6-8-11-18;/h6-8,10-11,13-14H,4-5,9,12,15-17H2,1-3H3;1H. The van der Waals surface area contributed by atoms with Crippen LogP contribution in [0.4, 0.5) is 5.13 Å². The number of likely N-dealkylation sites (N-methyl/N-ethyl adjacent to an activating group) is 1. The normalized spacial score (nSPS) is 11.5. The molecule has 0 fully saturated rings. The number of nitrogens with zero attached hydrogens (tertiary/aromatic N) is 3. The molecule has 0 unspecified atom stereocenters. The van der Waals surface area contributed by atoms with Crippen LogP contribution in [-0.4, -0.2) is 63.3 Å². The van der Waals surface area contributed by atoms with Crippen molar-refractivity contribution in [2.45, 2.75) is 31.6 Å². The van der Waals surface area contributed by atoms with Crippen LogP contribution in [-0.2, 0) is 14.6 Å². The number of hydrogen-bond acceptors (Lipinski definition) is 7. The Bertz CT molecular complexity index is 1220. The Balaban J connectivity index is 0.00000432. The topological polar surface area (TPSA) is 79.8 Å². The number of rotatable bonds is 12. The highest BCUT2D eigenvalue weighted by Gasteiger charge is 2.23. The zero-order chi connectivity index (χ0) is 24.7. The van der Waals surface area contributed by atoms with Crippen LogP contribution in [0.3, 0.4) is 0 Å². The second-order valence-corrected chi connectivity index (χ2v) is 11.2. The molecule has 0 saturated heterocycles. The summed E-state index contributed by atoms with van der Waals surface area (Å²) in [5, 5.41) is 1.08. The number of sulfone groups is 1. The van der Waals surface area contributed by atoms with E-state index in [4.69, 9.17) is 16.3 Å². The van der Waals surface area contributed by atoms with Gasteiger partial charge < -0.3 is 9.64 Å². The maximum atomic E-state index is 13.3. The number of hydrogen-bond donors (Lipinski definition) is 0. The molecule has 1 amide bonds. The van der Waals surface area contributed by atoms with E-state index in [0.29, 0.717) is 34.5 Å². The summed E-state index contributed by atoms with van der Waals surface area (Å²) in [6.07, 6.45) is 0.331. The highest BCUT2D eigenvalue weighted by molar-refractivity contribution is 7.91. The number of fused-ring (bicyclic) bond motifs is 1. The number of carbonyl (C=O) groups is 1. The molecule has 0 atom stereocenters. The van der Waals surface area contributed by atoms with Gasteiger partial charge in [-0.05, 0) is 43.8 Å². The number of aromatic nitrogens is 1. The van der Waals surface area contributed by atoms with Crippen LogP contribution in [0.1, 0.15) is 26.7 Å². The summed E-state index contributed by atoms with van der Waals surface area (Å²) in [6, 6.07) is 11.8. The summed E-state index contributed by atoms with van der Waals surface area (Å²) >= 11 is 7.72. The first-order chi connectivity index (χ1) is 16.3. The zero-order valence-corrected chi connectivity index (χ0v) is 23.3. The summed E-state index contributed by atoms with van der Waals surface area (Å²) in [5.74, 6) is 0.336. The molecule has 7 nitrogen and oxygen atoms in total. The van der Waals surface area contributed by atoms with Gasteiger partial charge in [-0.15, -0.1) is 12.4 Å². The Labute approximate surface area is 222 Å². The van der Waals surface area contributed by atoms with Gasteiger partial charge in [0.1, 0.15) is 11.3 Å². The quantitative estimate of drug-likeness (QED) is 0.299. The number of benzene rings is 2. The minimum Gasteiger partial charge on any atom is -0.494 e. The first-order valence-corrected chi connectivity index (χ1v) is 14.1. The molecule has 3 rings (SSSR count). The van der Waals surface area contributed by atoms with E-state index in [1.807, 2.05) is 0 Å². The van der Waals surface area contributed by atoms with E-state index in [1.54, 1.807) is 54.5 Å². The van der Waals surface area contributed by atoms with Crippen molar-refractivity contribution in [1.29, 1.82) is 0 Å². The molecule has 0 saturated carbocycles. The van der Waals surface area contributed by atoms with Crippen molar-refractivity contribution in [3.05, 3.63) is 47.5 Å². The molecule has 0 aliphatic carbocycles. The van der Waals surface area contributed by atoms with E-state index in [9.17, 15) is 13.2 Å². The van der Waals surface area contributed by atoms with E-state index in [0.717, 1.165) is 17.8 Å². The lowest BCUT2D eigenvalue weighted by Gasteiger charge is -2.24. The number of ether oxygens (including phenoxy) is 1. The molecule has 3 aromatic rings. The van der Waals surface area contributed by atoms with Crippen molar-refractivity contribution in [2.75, 3.05) is 43.9 Å². The minimum atomic E-state index is -3.44. The molecule has 0 bridgehead atoms. The third-order valence-corrected chi connectivity index (χ3v) is 8.99. The summed E-state index contributed by atoms with van der Waals surface area (Å²) < 4.78 is 31.4. The second kappa shape index (κ2) is 13.4. The van der Waals surface area contributed by atoms with Gasteiger partial charge in [0.25, 0.3) is 0 Å². The van der Waals surface area contributed by atoms with Crippen molar-refractivity contribution in [1.82, 2.24) is 9.88 Å². The van der Waals surface area contributed by atoms with Crippen LogP contribution in [0.5, 0.6) is 5.75 Å². The summed E-state index contributed by atoms with van der Waals surface area (Å²) in [7, 11) is -1.87. The zero-order valence-electron chi connectivity index (χ0n) is 20.1. The predicted octanol–water partition coefficient (Wildman–Crippen LogP) is 5.31. The molecule has 1 heterocycles. The van der Waals surface area contributed by atoms with Crippen LogP contribution in [0.25, 0.3) is 10.2 Å². The van der Waals surface area contributed by atoms with Gasteiger partial charge in [0.05, 0.1) is 27.5 Å². The van der Waals surface area contributed by atoms with Gasteiger partial charge in [0.2, 0.25) is 5.91 Å². The maximum Gasteiger partial charge on any atom is 0.228 e. The molecule has 192 valence electrons. The smallest absolute Gasteiger partial charge is 0.228 e. The molecule has 0 aliphatic heterocycles. The summed E-state index contributed by atoms with van der Waals surface area (Å²) in [6.45, 7) is 7.02. The second-order valence-electron chi connectivity index (χ2n) is 7.73. The minimum absolute atomic E-state index is 0. The predicted molar refractivity (Wildman–Crippen MR) is 146 cm³/mol. The Morgan fingerprint density at radius 3 is 2.40 bits per heavy atom. The molecule has 0 N–H and O–H groups in total. The average Bonchev–Trinajstić information content (AvgIpc) is 3.28. The van der Waals surface area contributed by atoms with Gasteiger partial charge in [0, 0.05) is 19.5 Å². The molecule has 11 heteroatoms. The lowest BCUT2D eigenvalue weighted by Crippen LogP contribution is -2.38. The van der Waals surface area contributed by atoms with Gasteiger partial charge >= 0.3 is 0 Å². The van der Waals surface area contributed by atoms with Gasteiger partial charge in [0.15, 0.2) is 15.0 Å². The Morgan fingerprint density at radius 2 is 1.77 bits per heavy atom. The summed E-state index contributed by atoms with van der Waals surface area (Å²) in [4.78, 5) is 22.1. The molecule has 2 aromatic carbocycles. The Kier molecular flexibility index (Phi) is 11.2. The monoisotopic (exact) mass is 559 g/mol. The molecule has 0 spiro atoms. The number of halogens is 2. The molecule has 0 radical (unpaired) electrons. The number of amides is 1. The number of carbonyl (C=O) groups excluding carboxylic acids is 1. The molecule has 0 aliphatic rings. The van der Waals surface area contributed by atoms with Crippen molar-refractivity contribution in [3.63, 3.8) is 0 Å². The molecule has 35 heavy (non-hydrogen) atoms. The number of methoxy groups -OCH3 is 1. The third kappa shape index (κ3) is 7.30. The van der Waals surface area contributed by atoms with Crippen LogP contribution in [0.2, 0.25) is 5.02 Å². The van der Waals surface area contributed by atoms with E-state index in [-0.39, 0.29) is 41.8 Å². The van der Waals surface area contributed by atoms with Crippen LogP contribution < -0.4 is 9.64 Å². The van der Waals surface area contributed by atoms with Crippen LogP contribution in [0, 0.1) is 0 Å². The Hall–Kier alpha value is -1.91. The number of anilines is 1. The van der Waals surface area contributed by atoms with Crippen LogP contribution in [0.15, 0.2) is 47.4 Å². The van der Waals surface area contributed by atoms with Gasteiger partial charge in [-0.3, -0.25) is 9.69 Å². The van der Waals surface area contributed by atoms with E-state index in [2.05, 4.69) is 23.7 Å². The third-order valence-electron chi connectivity index (χ3n) is 5.64. The van der Waals surface area contributed by atoms with Crippen molar-refractivity contribution >= 4 is 66.4 Å². The fraction of sp³-hybridized carbons (Fsp3) is 0.417. The molecular formula is C24H31Cl2N3O4S2. The van der Waals surface area contributed by atoms with Gasteiger partial charge in [-0.2, -0.15) is 0 Å². The first kappa shape index (κ1) is 29.3. The fourth-order valence-corrected chi connectivity index (χ4v) is 6.26. The first-order valence-electron chi connectivity index (χ1n) is 11.2. The largest absolute Gasteiger partial charge is 0.494 e. The van der Waals surface area contributed by atoms with E-state index < -0.39 is 9.84 Å². The Morgan fingerprint density at radius 1 is 1.09 bits per heavy atom. The lowest BCUT2D eigenvalue weighted by atomic mass is 10.3. The highest BCUT2D eigenvalue weighted by Crippen LogP contribution is 2.38. The van der Waals surface area contributed by atoms with E-state index >= 15 is 0 Å². The summed E-state index contributed by atoms with van der Waals surface area (Å²) in [5.41, 5.74) is 0.613. The fourth-order valence-electron chi connectivity index (χ4n) is 3.62. The molecular weight excluding hydrogens is 529 g/mol.